The molecule has 0 spiro atoms. The summed E-state index contributed by atoms with van der Waals surface area (Å²) in [5.74, 6) is 0.281. The first-order valence-electron chi connectivity index (χ1n) is 5.71. The number of halogens is 1. The molecule has 2 aromatic heterocycles. The Morgan fingerprint density at radius 1 is 1.58 bits per heavy atom. The quantitative estimate of drug-likeness (QED) is 0.762. The molecule has 0 fully saturated rings. The van der Waals surface area contributed by atoms with Crippen LogP contribution >= 0.6 is 15.9 Å². The van der Waals surface area contributed by atoms with E-state index in [-0.39, 0.29) is 12.5 Å². The van der Waals surface area contributed by atoms with Crippen LogP contribution in [0.3, 0.4) is 0 Å². The number of carbonyl (C=O) groups excluding carboxylic acids is 1. The maximum Gasteiger partial charge on any atom is 0.243 e. The van der Waals surface area contributed by atoms with Crippen molar-refractivity contribution in [3.8, 4) is 0 Å². The standard InChI is InChI=1S/C11H14BrN5O2/c1-19-6-4-13-9(18)7-14-11-15-10-8(12)3-2-5-17(10)16-11/h2-3,5H,4,6-7H2,1H3,(H,13,18)(H,14,16). The Morgan fingerprint density at radius 2 is 2.42 bits per heavy atom. The minimum atomic E-state index is -0.130. The van der Waals surface area contributed by atoms with E-state index in [0.717, 1.165) is 4.47 Å². The first kappa shape index (κ1) is 13.8. The van der Waals surface area contributed by atoms with E-state index in [1.54, 1.807) is 17.8 Å². The van der Waals surface area contributed by atoms with E-state index in [2.05, 4.69) is 36.6 Å². The highest BCUT2D eigenvalue weighted by atomic mass is 79.9. The van der Waals surface area contributed by atoms with Crippen molar-refractivity contribution in [3.63, 3.8) is 0 Å². The van der Waals surface area contributed by atoms with Crippen molar-refractivity contribution < 1.29 is 9.53 Å². The minimum absolute atomic E-state index is 0.123. The van der Waals surface area contributed by atoms with Crippen LogP contribution in [0.4, 0.5) is 5.95 Å². The molecule has 0 bridgehead atoms. The van der Waals surface area contributed by atoms with Gasteiger partial charge in [-0.05, 0) is 28.1 Å². The van der Waals surface area contributed by atoms with Gasteiger partial charge in [0.2, 0.25) is 11.9 Å². The maximum atomic E-state index is 11.5. The van der Waals surface area contributed by atoms with Gasteiger partial charge in [-0.25, -0.2) is 4.52 Å². The Morgan fingerprint density at radius 3 is 3.16 bits per heavy atom. The number of rotatable bonds is 6. The number of nitrogens with one attached hydrogen (secondary N) is 2. The molecule has 0 aliphatic heterocycles. The lowest BCUT2D eigenvalue weighted by Crippen LogP contribution is -2.32. The van der Waals surface area contributed by atoms with Crippen molar-refractivity contribution in [3.05, 3.63) is 22.8 Å². The Labute approximate surface area is 118 Å². The van der Waals surface area contributed by atoms with Crippen LogP contribution in [0, 0.1) is 0 Å². The monoisotopic (exact) mass is 327 g/mol. The van der Waals surface area contributed by atoms with E-state index in [4.69, 9.17) is 4.74 Å². The number of amides is 1. The summed E-state index contributed by atoms with van der Waals surface area (Å²) in [4.78, 5) is 15.7. The summed E-state index contributed by atoms with van der Waals surface area (Å²) in [6.07, 6.45) is 1.79. The van der Waals surface area contributed by atoms with Gasteiger partial charge in [-0.3, -0.25) is 4.79 Å². The van der Waals surface area contributed by atoms with Gasteiger partial charge in [-0.15, -0.1) is 5.10 Å². The SMILES string of the molecule is COCCNC(=O)CNc1nc2c(Br)cccn2n1. The molecule has 2 heterocycles. The van der Waals surface area contributed by atoms with Crippen LogP contribution in [0.15, 0.2) is 22.8 Å². The number of pyridine rings is 1. The van der Waals surface area contributed by atoms with Crippen molar-refractivity contribution in [1.82, 2.24) is 19.9 Å². The van der Waals surface area contributed by atoms with Gasteiger partial charge in [0.1, 0.15) is 0 Å². The molecule has 1 amide bonds. The van der Waals surface area contributed by atoms with Gasteiger partial charge in [0, 0.05) is 19.9 Å². The average Bonchev–Trinajstić information content (AvgIpc) is 2.81. The molecule has 7 nitrogen and oxygen atoms in total. The Kier molecular flexibility index (Phi) is 4.69. The molecule has 2 rings (SSSR count). The molecule has 2 aromatic rings. The molecule has 0 aliphatic carbocycles. The molecule has 8 heteroatoms. The number of ether oxygens (including phenoxy) is 1. The van der Waals surface area contributed by atoms with Gasteiger partial charge in [0.15, 0.2) is 5.65 Å². The Balaban J connectivity index is 1.91. The molecule has 19 heavy (non-hydrogen) atoms. The third-order valence-electron chi connectivity index (χ3n) is 2.35. The molecular formula is C11H14BrN5O2. The molecular weight excluding hydrogens is 314 g/mol. The molecule has 0 saturated carbocycles. The third kappa shape index (κ3) is 3.65. The van der Waals surface area contributed by atoms with Crippen molar-refractivity contribution in [2.24, 2.45) is 0 Å². The average molecular weight is 328 g/mol. The highest BCUT2D eigenvalue weighted by molar-refractivity contribution is 9.10. The van der Waals surface area contributed by atoms with Crippen LogP contribution < -0.4 is 10.6 Å². The predicted octanol–water partition coefficient (Wildman–Crippen LogP) is 0.666. The molecule has 0 radical (unpaired) electrons. The topological polar surface area (TPSA) is 80.5 Å². The normalized spacial score (nSPS) is 10.6. The Hall–Kier alpha value is -1.67. The van der Waals surface area contributed by atoms with Crippen molar-refractivity contribution >= 4 is 33.4 Å². The predicted molar refractivity (Wildman–Crippen MR) is 74.1 cm³/mol. The van der Waals surface area contributed by atoms with Crippen LogP contribution in [-0.2, 0) is 9.53 Å². The first-order chi connectivity index (χ1) is 9.20. The number of nitrogens with zero attached hydrogens (tertiary/aromatic N) is 3. The minimum Gasteiger partial charge on any atom is -0.383 e. The number of fused-ring (bicyclic) bond motifs is 1. The fraction of sp³-hybridized carbons (Fsp3) is 0.364. The van der Waals surface area contributed by atoms with E-state index in [0.29, 0.717) is 24.7 Å². The molecule has 0 aliphatic rings. The zero-order valence-electron chi connectivity index (χ0n) is 10.4. The molecule has 0 atom stereocenters. The van der Waals surface area contributed by atoms with Crippen molar-refractivity contribution in [1.29, 1.82) is 0 Å². The summed E-state index contributed by atoms with van der Waals surface area (Å²) >= 11 is 3.39. The third-order valence-corrected chi connectivity index (χ3v) is 2.97. The number of methoxy groups -OCH3 is 1. The van der Waals surface area contributed by atoms with Gasteiger partial charge in [0.25, 0.3) is 0 Å². The Bertz CT molecular complexity index is 571. The fourth-order valence-corrected chi connectivity index (χ4v) is 1.89. The number of aromatic nitrogens is 3. The summed E-state index contributed by atoms with van der Waals surface area (Å²) in [5.41, 5.74) is 0.699. The van der Waals surface area contributed by atoms with Crippen LogP contribution in [0.5, 0.6) is 0 Å². The number of hydrogen-bond acceptors (Lipinski definition) is 5. The molecule has 0 saturated heterocycles. The lowest BCUT2D eigenvalue weighted by molar-refractivity contribution is -0.119. The summed E-state index contributed by atoms with van der Waals surface area (Å²) < 4.78 is 7.32. The van der Waals surface area contributed by atoms with E-state index >= 15 is 0 Å². The van der Waals surface area contributed by atoms with Gasteiger partial charge in [0.05, 0.1) is 17.6 Å². The zero-order valence-corrected chi connectivity index (χ0v) is 12.0. The maximum absolute atomic E-state index is 11.5. The van der Waals surface area contributed by atoms with Gasteiger partial charge in [-0.1, -0.05) is 0 Å². The van der Waals surface area contributed by atoms with E-state index < -0.39 is 0 Å². The second-order valence-electron chi connectivity index (χ2n) is 3.76. The highest BCUT2D eigenvalue weighted by Crippen LogP contribution is 2.16. The molecule has 0 aromatic carbocycles. The first-order valence-corrected chi connectivity index (χ1v) is 6.50. The molecule has 102 valence electrons. The number of hydrogen-bond donors (Lipinski definition) is 2. The van der Waals surface area contributed by atoms with Crippen molar-refractivity contribution in [2.45, 2.75) is 0 Å². The molecule has 2 N–H and O–H groups in total. The van der Waals surface area contributed by atoms with Gasteiger partial charge < -0.3 is 15.4 Å². The van der Waals surface area contributed by atoms with Crippen LogP contribution in [0.2, 0.25) is 0 Å². The second-order valence-corrected chi connectivity index (χ2v) is 4.61. The number of anilines is 1. The van der Waals surface area contributed by atoms with Gasteiger partial charge in [-0.2, -0.15) is 4.98 Å². The lowest BCUT2D eigenvalue weighted by atomic mass is 10.5. The summed E-state index contributed by atoms with van der Waals surface area (Å²) in [6, 6.07) is 3.73. The highest BCUT2D eigenvalue weighted by Gasteiger charge is 2.07. The van der Waals surface area contributed by atoms with Gasteiger partial charge >= 0.3 is 0 Å². The fourth-order valence-electron chi connectivity index (χ4n) is 1.46. The lowest BCUT2D eigenvalue weighted by Gasteiger charge is -2.04. The second kappa shape index (κ2) is 6.48. The zero-order chi connectivity index (χ0) is 13.7. The van der Waals surface area contributed by atoms with Crippen LogP contribution in [0.1, 0.15) is 0 Å². The van der Waals surface area contributed by atoms with E-state index in [1.165, 1.54) is 0 Å². The van der Waals surface area contributed by atoms with Crippen LogP contribution in [0.25, 0.3) is 5.65 Å². The summed E-state index contributed by atoms with van der Waals surface area (Å²) in [6.45, 7) is 1.10. The van der Waals surface area contributed by atoms with Crippen LogP contribution in [-0.4, -0.2) is 47.3 Å². The largest absolute Gasteiger partial charge is 0.383 e. The summed E-state index contributed by atoms with van der Waals surface area (Å²) in [7, 11) is 1.59. The van der Waals surface area contributed by atoms with E-state index in [9.17, 15) is 4.79 Å². The number of carbonyl (C=O) groups is 1. The van der Waals surface area contributed by atoms with Crippen molar-refractivity contribution in [2.75, 3.05) is 32.1 Å². The van der Waals surface area contributed by atoms with E-state index in [1.807, 2.05) is 12.1 Å². The summed E-state index contributed by atoms with van der Waals surface area (Å²) in [5, 5.41) is 9.77. The molecule has 0 unspecified atom stereocenters. The smallest absolute Gasteiger partial charge is 0.243 e.